The van der Waals surface area contributed by atoms with Crippen LogP contribution in [0.15, 0.2) is 54.6 Å². The van der Waals surface area contributed by atoms with Gasteiger partial charge in [0.15, 0.2) is 0 Å². The van der Waals surface area contributed by atoms with E-state index in [9.17, 15) is 4.79 Å². The highest BCUT2D eigenvalue weighted by atomic mass is 16.5. The van der Waals surface area contributed by atoms with Crippen molar-refractivity contribution in [1.29, 1.82) is 0 Å². The van der Waals surface area contributed by atoms with E-state index in [1.165, 1.54) is 0 Å². The molecule has 0 N–H and O–H groups in total. The molecule has 0 spiro atoms. The molecule has 0 heterocycles. The SMILES string of the molecule is Cc1ccc(OC(=O)CCc2ccccc2)cc1. The van der Waals surface area contributed by atoms with Gasteiger partial charge in [-0.1, -0.05) is 48.0 Å². The number of carbonyl (C=O) groups is 1. The first-order chi connectivity index (χ1) is 8.74. The summed E-state index contributed by atoms with van der Waals surface area (Å²) < 4.78 is 5.25. The van der Waals surface area contributed by atoms with Crippen LogP contribution in [0.3, 0.4) is 0 Å². The van der Waals surface area contributed by atoms with Crippen LogP contribution in [0.2, 0.25) is 0 Å². The van der Waals surface area contributed by atoms with Gasteiger partial charge in [-0.05, 0) is 31.0 Å². The van der Waals surface area contributed by atoms with Crippen molar-refractivity contribution in [3.8, 4) is 5.75 Å². The maximum Gasteiger partial charge on any atom is 0.311 e. The Balaban J connectivity index is 1.84. The maximum atomic E-state index is 11.6. The molecule has 0 amide bonds. The van der Waals surface area contributed by atoms with E-state index in [1.807, 2.05) is 61.5 Å². The molecule has 0 aliphatic carbocycles. The van der Waals surface area contributed by atoms with Gasteiger partial charge in [-0.2, -0.15) is 0 Å². The Labute approximate surface area is 107 Å². The van der Waals surface area contributed by atoms with Gasteiger partial charge in [0.1, 0.15) is 5.75 Å². The lowest BCUT2D eigenvalue weighted by Crippen LogP contribution is -2.08. The molecule has 2 aromatic rings. The molecule has 0 bridgehead atoms. The minimum atomic E-state index is -0.192. The number of ether oxygens (including phenoxy) is 1. The number of hydrogen-bond acceptors (Lipinski definition) is 2. The van der Waals surface area contributed by atoms with Crippen molar-refractivity contribution in [2.45, 2.75) is 19.8 Å². The minimum Gasteiger partial charge on any atom is -0.427 e. The fourth-order valence-electron chi connectivity index (χ4n) is 1.68. The van der Waals surface area contributed by atoms with Crippen molar-refractivity contribution in [2.75, 3.05) is 0 Å². The summed E-state index contributed by atoms with van der Waals surface area (Å²) >= 11 is 0. The van der Waals surface area contributed by atoms with Gasteiger partial charge in [0.25, 0.3) is 0 Å². The third-order valence-corrected chi connectivity index (χ3v) is 2.71. The van der Waals surface area contributed by atoms with Crippen LogP contribution in [-0.4, -0.2) is 5.97 Å². The van der Waals surface area contributed by atoms with E-state index in [-0.39, 0.29) is 5.97 Å². The number of rotatable bonds is 4. The Bertz CT molecular complexity index is 500. The number of carbonyl (C=O) groups excluding carboxylic acids is 1. The third-order valence-electron chi connectivity index (χ3n) is 2.71. The zero-order valence-corrected chi connectivity index (χ0v) is 10.4. The molecule has 0 saturated heterocycles. The first-order valence-corrected chi connectivity index (χ1v) is 6.05. The van der Waals surface area contributed by atoms with Gasteiger partial charge in [-0.15, -0.1) is 0 Å². The summed E-state index contributed by atoms with van der Waals surface area (Å²) in [5.41, 5.74) is 2.30. The average Bonchev–Trinajstić information content (AvgIpc) is 2.40. The highest BCUT2D eigenvalue weighted by Crippen LogP contribution is 2.12. The van der Waals surface area contributed by atoms with E-state index in [2.05, 4.69) is 0 Å². The summed E-state index contributed by atoms with van der Waals surface area (Å²) in [5.74, 6) is 0.418. The van der Waals surface area contributed by atoms with Crippen LogP contribution in [0.4, 0.5) is 0 Å². The molecule has 0 aliphatic rings. The minimum absolute atomic E-state index is 0.192. The second-order valence-corrected chi connectivity index (χ2v) is 4.27. The Morgan fingerprint density at radius 3 is 2.33 bits per heavy atom. The number of aryl methyl sites for hydroxylation is 2. The van der Waals surface area contributed by atoms with Crippen molar-refractivity contribution in [2.24, 2.45) is 0 Å². The molecule has 2 heteroatoms. The van der Waals surface area contributed by atoms with E-state index in [0.29, 0.717) is 18.6 Å². The van der Waals surface area contributed by atoms with E-state index < -0.39 is 0 Å². The Hall–Kier alpha value is -2.09. The molecule has 0 saturated carbocycles. The third kappa shape index (κ3) is 3.74. The van der Waals surface area contributed by atoms with Gasteiger partial charge in [0.2, 0.25) is 0 Å². The molecule has 0 aliphatic heterocycles. The second kappa shape index (κ2) is 6.01. The van der Waals surface area contributed by atoms with Crippen molar-refractivity contribution in [3.05, 3.63) is 65.7 Å². The smallest absolute Gasteiger partial charge is 0.311 e. The zero-order valence-electron chi connectivity index (χ0n) is 10.4. The molecule has 18 heavy (non-hydrogen) atoms. The van der Waals surface area contributed by atoms with Crippen molar-refractivity contribution >= 4 is 5.97 Å². The summed E-state index contributed by atoms with van der Waals surface area (Å²) in [6.07, 6.45) is 1.11. The Morgan fingerprint density at radius 2 is 1.67 bits per heavy atom. The lowest BCUT2D eigenvalue weighted by Gasteiger charge is -2.04. The molecule has 0 radical (unpaired) electrons. The second-order valence-electron chi connectivity index (χ2n) is 4.27. The summed E-state index contributed by atoms with van der Waals surface area (Å²) in [6.45, 7) is 2.00. The molecule has 92 valence electrons. The molecule has 2 rings (SSSR count). The molecule has 0 unspecified atom stereocenters. The summed E-state index contributed by atoms with van der Waals surface area (Å²) in [5, 5.41) is 0. The van der Waals surface area contributed by atoms with Crippen LogP contribution < -0.4 is 4.74 Å². The normalized spacial score (nSPS) is 10.1. The van der Waals surface area contributed by atoms with E-state index in [1.54, 1.807) is 0 Å². The van der Waals surface area contributed by atoms with E-state index in [4.69, 9.17) is 4.74 Å². The molecule has 0 aromatic heterocycles. The molecule has 0 fully saturated rings. The Kier molecular flexibility index (Phi) is 4.13. The first kappa shape index (κ1) is 12.4. The van der Waals surface area contributed by atoms with Crippen LogP contribution in [-0.2, 0) is 11.2 Å². The van der Waals surface area contributed by atoms with E-state index in [0.717, 1.165) is 11.1 Å². The molecular weight excluding hydrogens is 224 g/mol. The van der Waals surface area contributed by atoms with Crippen molar-refractivity contribution in [3.63, 3.8) is 0 Å². The lowest BCUT2D eigenvalue weighted by atomic mass is 10.1. The van der Waals surface area contributed by atoms with Gasteiger partial charge in [0.05, 0.1) is 0 Å². The first-order valence-electron chi connectivity index (χ1n) is 6.05. The zero-order chi connectivity index (χ0) is 12.8. The van der Waals surface area contributed by atoms with Crippen LogP contribution in [0, 0.1) is 6.92 Å². The standard InChI is InChI=1S/C16H16O2/c1-13-7-10-15(11-8-13)18-16(17)12-9-14-5-3-2-4-6-14/h2-8,10-11H,9,12H2,1H3. The van der Waals surface area contributed by atoms with Crippen LogP contribution in [0.25, 0.3) is 0 Å². The molecule has 0 atom stereocenters. The van der Waals surface area contributed by atoms with Gasteiger partial charge < -0.3 is 4.74 Å². The fraction of sp³-hybridized carbons (Fsp3) is 0.188. The molecule has 2 aromatic carbocycles. The monoisotopic (exact) mass is 240 g/mol. The topological polar surface area (TPSA) is 26.3 Å². The van der Waals surface area contributed by atoms with Gasteiger partial charge in [0, 0.05) is 6.42 Å². The van der Waals surface area contributed by atoms with Crippen LogP contribution >= 0.6 is 0 Å². The number of esters is 1. The highest BCUT2D eigenvalue weighted by molar-refractivity contribution is 5.72. The molecular formula is C16H16O2. The summed E-state index contributed by atoms with van der Waals surface area (Å²) in [4.78, 5) is 11.6. The number of hydrogen-bond donors (Lipinski definition) is 0. The van der Waals surface area contributed by atoms with E-state index >= 15 is 0 Å². The number of benzene rings is 2. The predicted octanol–water partition coefficient (Wildman–Crippen LogP) is 3.53. The van der Waals surface area contributed by atoms with Crippen LogP contribution in [0.5, 0.6) is 5.75 Å². The maximum absolute atomic E-state index is 11.6. The van der Waals surface area contributed by atoms with Gasteiger partial charge in [-0.3, -0.25) is 4.79 Å². The largest absolute Gasteiger partial charge is 0.427 e. The van der Waals surface area contributed by atoms with Gasteiger partial charge >= 0.3 is 5.97 Å². The highest BCUT2D eigenvalue weighted by Gasteiger charge is 2.05. The summed E-state index contributed by atoms with van der Waals surface area (Å²) in [6, 6.07) is 17.4. The van der Waals surface area contributed by atoms with Crippen molar-refractivity contribution in [1.82, 2.24) is 0 Å². The van der Waals surface area contributed by atoms with Crippen molar-refractivity contribution < 1.29 is 9.53 Å². The van der Waals surface area contributed by atoms with Crippen LogP contribution in [0.1, 0.15) is 17.5 Å². The van der Waals surface area contributed by atoms with Gasteiger partial charge in [-0.25, -0.2) is 0 Å². The quantitative estimate of drug-likeness (QED) is 0.603. The Morgan fingerprint density at radius 1 is 1.00 bits per heavy atom. The summed E-state index contributed by atoms with van der Waals surface area (Å²) in [7, 11) is 0. The lowest BCUT2D eigenvalue weighted by molar-refractivity contribution is -0.134. The predicted molar refractivity (Wildman–Crippen MR) is 71.6 cm³/mol. The fourth-order valence-corrected chi connectivity index (χ4v) is 1.68. The average molecular weight is 240 g/mol. The molecule has 2 nitrogen and oxygen atoms in total.